The van der Waals surface area contributed by atoms with Gasteiger partial charge in [0.1, 0.15) is 0 Å². The van der Waals surface area contributed by atoms with Crippen molar-refractivity contribution in [3.05, 3.63) is 12.3 Å². The Morgan fingerprint density at radius 1 is 1.75 bits per heavy atom. The fourth-order valence-electron chi connectivity index (χ4n) is 0.470. The highest BCUT2D eigenvalue weighted by atomic mass is 127. The molecule has 0 aliphatic carbocycles. The van der Waals surface area contributed by atoms with Crippen LogP contribution < -0.4 is 3.53 Å². The molecule has 0 aromatic rings. The van der Waals surface area contributed by atoms with Crippen molar-refractivity contribution >= 4 is 43.4 Å². The van der Waals surface area contributed by atoms with Crippen LogP contribution in [-0.2, 0) is 0 Å². The Kier molecular flexibility index (Phi) is 6.74. The van der Waals surface area contributed by atoms with Crippen LogP contribution in [0.5, 0.6) is 0 Å². The predicted molar refractivity (Wildman–Crippen MR) is 69.8 cm³/mol. The summed E-state index contributed by atoms with van der Waals surface area (Å²) in [4.78, 5) is 3.98. The number of hydrogen-bond acceptors (Lipinski definition) is 3. The molecule has 4 heteroatoms. The van der Waals surface area contributed by atoms with E-state index in [4.69, 9.17) is 0 Å². The molecule has 1 atom stereocenters. The van der Waals surface area contributed by atoms with Crippen LogP contribution in [0, 0.1) is 0 Å². The van der Waals surface area contributed by atoms with Crippen LogP contribution >= 0.6 is 33.6 Å². The van der Waals surface area contributed by atoms with Crippen molar-refractivity contribution in [1.29, 1.82) is 0 Å². The van der Waals surface area contributed by atoms with E-state index in [1.165, 1.54) is 3.51 Å². The topological polar surface area (TPSA) is 24.4 Å². The van der Waals surface area contributed by atoms with Gasteiger partial charge >= 0.3 is 0 Å². The van der Waals surface area contributed by atoms with Gasteiger partial charge in [-0.25, -0.2) is 0 Å². The van der Waals surface area contributed by atoms with Gasteiger partial charge in [-0.1, -0.05) is 6.58 Å². The third kappa shape index (κ3) is 5.77. The van der Waals surface area contributed by atoms with Gasteiger partial charge in [0.15, 0.2) is 0 Å². The van der Waals surface area contributed by atoms with Gasteiger partial charge in [0.2, 0.25) is 0 Å². The molecule has 0 aliphatic rings. The number of rotatable bonds is 4. The van der Waals surface area contributed by atoms with Gasteiger partial charge in [-0.15, -0.1) is 0 Å². The van der Waals surface area contributed by atoms with Crippen LogP contribution in [0.3, 0.4) is 0 Å². The second-order valence-corrected chi connectivity index (χ2v) is 5.52. The third-order valence-corrected chi connectivity index (χ3v) is 4.77. The van der Waals surface area contributed by atoms with E-state index in [0.717, 1.165) is 5.70 Å². The van der Waals surface area contributed by atoms with E-state index in [-0.39, 0.29) is 26.3 Å². The minimum Gasteiger partial charge on any atom is -0.338 e. The Morgan fingerprint density at radius 2 is 2.33 bits per heavy atom. The van der Waals surface area contributed by atoms with Crippen LogP contribution in [0.25, 0.3) is 0 Å². The molecule has 0 spiro atoms. The summed E-state index contributed by atoms with van der Waals surface area (Å²) >= 11 is 4.17. The monoisotopic (exact) mass is 298 g/mol. The number of allylic oxidation sites excluding steroid dienone is 1. The number of nitrogens with zero attached hydrogens (tertiary/aromatic N) is 1. The molecule has 0 saturated heterocycles. The van der Waals surface area contributed by atoms with Crippen molar-refractivity contribution in [3.8, 4) is 0 Å². The van der Waals surface area contributed by atoms with Crippen molar-refractivity contribution in [2.75, 3.05) is 7.05 Å². The van der Waals surface area contributed by atoms with E-state index in [9.17, 15) is 0 Å². The largest absolute Gasteiger partial charge is 0.338 e. The first kappa shape index (κ1) is 12.2. The summed E-state index contributed by atoms with van der Waals surface area (Å²) in [6.45, 7) is 7.80. The fraction of sp³-hybridized carbons (Fsp3) is 0.500. The second kappa shape index (κ2) is 6.65. The molecule has 0 aliphatic heterocycles. The molecule has 12 heavy (non-hydrogen) atoms. The minimum absolute atomic E-state index is 0.187. The lowest BCUT2D eigenvalue weighted by atomic mass is 10.4. The molecular formula is C8H15IN2S. The van der Waals surface area contributed by atoms with Crippen molar-refractivity contribution in [2.45, 2.75) is 19.1 Å². The molecule has 0 rings (SSSR count). The molecule has 0 heterocycles. The highest BCUT2D eigenvalue weighted by Crippen LogP contribution is 2.05. The first-order valence-corrected chi connectivity index (χ1v) is 6.27. The van der Waals surface area contributed by atoms with Crippen LogP contribution in [-0.4, -0.2) is 22.0 Å². The lowest BCUT2D eigenvalue weighted by Gasteiger charge is -2.04. The van der Waals surface area contributed by atoms with Crippen LogP contribution in [0.15, 0.2) is 17.3 Å². The van der Waals surface area contributed by atoms with E-state index >= 15 is 0 Å². The summed E-state index contributed by atoms with van der Waals surface area (Å²) < 4.78 is 4.53. The van der Waals surface area contributed by atoms with Crippen molar-refractivity contribution in [1.82, 2.24) is 3.53 Å². The average molecular weight is 298 g/mol. The van der Waals surface area contributed by atoms with Crippen molar-refractivity contribution < 1.29 is 0 Å². The zero-order chi connectivity index (χ0) is 9.56. The number of thiol groups is 1. The van der Waals surface area contributed by atoms with Crippen LogP contribution in [0.1, 0.15) is 13.8 Å². The van der Waals surface area contributed by atoms with E-state index < -0.39 is 0 Å². The maximum atomic E-state index is 4.36. The van der Waals surface area contributed by atoms with E-state index in [1.807, 2.05) is 13.1 Å². The van der Waals surface area contributed by atoms with Crippen molar-refractivity contribution in [2.24, 2.45) is 4.99 Å². The van der Waals surface area contributed by atoms with Gasteiger partial charge < -0.3 is 3.53 Å². The molecular weight excluding hydrogens is 283 g/mol. The van der Waals surface area contributed by atoms with Crippen molar-refractivity contribution in [3.63, 3.8) is 0 Å². The Bertz CT molecular complexity index is 209. The summed E-state index contributed by atoms with van der Waals surface area (Å²) in [5.41, 5.74) is 1.01. The number of aliphatic imine (C=N–C) groups is 1. The van der Waals surface area contributed by atoms with Gasteiger partial charge in [0.05, 0.1) is 0 Å². The normalized spacial score (nSPS) is 15.5. The molecule has 0 aromatic heterocycles. The zero-order valence-electron chi connectivity index (χ0n) is 7.63. The predicted octanol–water partition coefficient (Wildman–Crippen LogP) is 2.19. The Labute approximate surface area is 90.1 Å². The summed E-state index contributed by atoms with van der Waals surface area (Å²) in [5.74, 6) is 0. The van der Waals surface area contributed by atoms with E-state index in [1.54, 1.807) is 7.05 Å². The lowest BCUT2D eigenvalue weighted by Crippen LogP contribution is -2.11. The quantitative estimate of drug-likeness (QED) is 0.353. The molecule has 0 fully saturated rings. The molecule has 0 bridgehead atoms. The standard InChI is InChI=1S/C8H15IN2S/c1-6(2)11-9-8(5-10-4)7(3)12/h5,7,11-12H,1H2,2-4H3. The Hall–Kier alpha value is 0.160. The summed E-state index contributed by atoms with van der Waals surface area (Å²) in [6.07, 6.45) is 1.89. The maximum absolute atomic E-state index is 4.36. The third-order valence-electron chi connectivity index (χ3n) is 0.969. The average Bonchev–Trinajstić information content (AvgIpc) is 1.96. The first-order valence-electron chi connectivity index (χ1n) is 3.60. The second-order valence-electron chi connectivity index (χ2n) is 2.42. The van der Waals surface area contributed by atoms with Crippen LogP contribution in [0.2, 0.25) is 0 Å². The summed E-state index contributed by atoms with van der Waals surface area (Å²) in [6, 6.07) is 0. The van der Waals surface area contributed by atoms with E-state index in [2.05, 4.69) is 34.7 Å². The molecule has 2 nitrogen and oxygen atoms in total. The summed E-state index contributed by atoms with van der Waals surface area (Å²) in [5, 5.41) is 0.286. The minimum atomic E-state index is -0.187. The molecule has 0 radical (unpaired) electrons. The Balaban J connectivity index is 4.28. The summed E-state index contributed by atoms with van der Waals surface area (Å²) in [7, 11) is 1.78. The van der Waals surface area contributed by atoms with E-state index in [0.29, 0.717) is 0 Å². The molecule has 1 N–H and O–H groups in total. The zero-order valence-corrected chi connectivity index (χ0v) is 10.7. The molecule has 0 aromatic carbocycles. The maximum Gasteiger partial charge on any atom is 0.0322 e. The van der Waals surface area contributed by atoms with Gasteiger partial charge in [-0.3, -0.25) is 4.99 Å². The Morgan fingerprint density at radius 3 is 2.67 bits per heavy atom. The van der Waals surface area contributed by atoms with Gasteiger partial charge in [0, 0.05) is 48.7 Å². The highest BCUT2D eigenvalue weighted by molar-refractivity contribution is 14.2. The smallest absolute Gasteiger partial charge is 0.0322 e. The highest BCUT2D eigenvalue weighted by Gasteiger charge is 2.00. The van der Waals surface area contributed by atoms with Gasteiger partial charge in [-0.05, 0) is 13.8 Å². The lowest BCUT2D eigenvalue weighted by molar-refractivity contribution is 1.27. The fourth-order valence-corrected chi connectivity index (χ4v) is 2.50. The van der Waals surface area contributed by atoms with Crippen LogP contribution in [0.4, 0.5) is 0 Å². The molecule has 70 valence electrons. The number of nitrogens with one attached hydrogen (secondary N) is 1. The first-order chi connectivity index (χ1) is 5.57. The molecule has 0 saturated carbocycles. The van der Waals surface area contributed by atoms with Gasteiger partial charge in [0.25, 0.3) is 0 Å². The number of hydrogen-bond donors (Lipinski definition) is 2. The SMILES string of the molecule is C=C(C)NI=C(C=NC)C(C)S. The molecule has 0 amide bonds. The van der Waals surface area contributed by atoms with Gasteiger partial charge in [-0.2, -0.15) is 12.6 Å². The number of halogens is 1. The molecule has 1 unspecified atom stereocenters.